The molecule has 1 nitrogen and oxygen atoms in total. The molecule has 1 heteroatoms. The van der Waals surface area contributed by atoms with E-state index in [4.69, 9.17) is 0 Å². The van der Waals surface area contributed by atoms with Gasteiger partial charge in [-0.3, -0.25) is 0 Å². The molecule has 2 aliphatic rings. The molecule has 14 heavy (non-hydrogen) atoms. The highest BCUT2D eigenvalue weighted by Crippen LogP contribution is 2.52. The maximum Gasteiger partial charge on any atom is 0.0484 e. The minimum Gasteiger partial charge on any atom is -0.396 e. The van der Waals surface area contributed by atoms with Crippen molar-refractivity contribution in [1.29, 1.82) is 0 Å². The normalized spacial score (nSPS) is 47.8. The fourth-order valence-corrected chi connectivity index (χ4v) is 3.79. The van der Waals surface area contributed by atoms with E-state index >= 15 is 0 Å². The lowest BCUT2D eigenvalue weighted by Gasteiger charge is -2.40. The minimum absolute atomic E-state index is 0.249. The Morgan fingerprint density at radius 1 is 1.29 bits per heavy atom. The monoisotopic (exact) mass is 196 g/mol. The summed E-state index contributed by atoms with van der Waals surface area (Å²) >= 11 is 0. The zero-order valence-corrected chi connectivity index (χ0v) is 9.63. The summed E-state index contributed by atoms with van der Waals surface area (Å²) in [5.74, 6) is 2.90. The van der Waals surface area contributed by atoms with E-state index in [-0.39, 0.29) is 5.41 Å². The number of fused-ring (bicyclic) bond motifs is 1. The minimum atomic E-state index is 0.249. The summed E-state index contributed by atoms with van der Waals surface area (Å²) in [5, 5.41) is 9.43. The van der Waals surface area contributed by atoms with Crippen LogP contribution in [0.2, 0.25) is 0 Å². The summed E-state index contributed by atoms with van der Waals surface area (Å²) in [6.45, 7) is 5.00. The summed E-state index contributed by atoms with van der Waals surface area (Å²) in [5.41, 5.74) is 0.249. The van der Waals surface area contributed by atoms with Crippen LogP contribution in [0.5, 0.6) is 0 Å². The number of aliphatic hydroxyl groups excluding tert-OH is 1. The van der Waals surface area contributed by atoms with Crippen molar-refractivity contribution in [2.24, 2.45) is 23.2 Å². The molecule has 1 N–H and O–H groups in total. The first-order valence-corrected chi connectivity index (χ1v) is 6.29. The van der Waals surface area contributed by atoms with Crippen molar-refractivity contribution in [2.75, 3.05) is 6.61 Å². The van der Waals surface area contributed by atoms with Crippen molar-refractivity contribution in [2.45, 2.75) is 52.4 Å². The van der Waals surface area contributed by atoms with Crippen molar-refractivity contribution in [3.05, 3.63) is 0 Å². The highest BCUT2D eigenvalue weighted by molar-refractivity contribution is 4.93. The maximum absolute atomic E-state index is 9.43. The van der Waals surface area contributed by atoms with Gasteiger partial charge in [0, 0.05) is 6.61 Å². The SMILES string of the molecule is CCC1CCC2CCC(C)(CO)CC12. The van der Waals surface area contributed by atoms with E-state index in [9.17, 15) is 5.11 Å². The van der Waals surface area contributed by atoms with Crippen LogP contribution in [-0.2, 0) is 0 Å². The van der Waals surface area contributed by atoms with E-state index in [1.807, 2.05) is 0 Å². The third-order valence-electron chi connectivity index (χ3n) is 4.87. The number of hydrogen-bond donors (Lipinski definition) is 1. The molecule has 2 aliphatic carbocycles. The molecule has 4 atom stereocenters. The van der Waals surface area contributed by atoms with Gasteiger partial charge in [-0.15, -0.1) is 0 Å². The summed E-state index contributed by atoms with van der Waals surface area (Å²) in [4.78, 5) is 0. The summed E-state index contributed by atoms with van der Waals surface area (Å²) < 4.78 is 0. The van der Waals surface area contributed by atoms with Gasteiger partial charge in [-0.1, -0.05) is 20.3 Å². The van der Waals surface area contributed by atoms with Crippen LogP contribution in [0, 0.1) is 23.2 Å². The first kappa shape index (κ1) is 10.5. The van der Waals surface area contributed by atoms with Crippen molar-refractivity contribution >= 4 is 0 Å². The Kier molecular flexibility index (Phi) is 2.88. The molecule has 2 fully saturated rings. The Labute approximate surface area is 87.9 Å². The molecule has 0 bridgehead atoms. The second-order valence-corrected chi connectivity index (χ2v) is 5.88. The largest absolute Gasteiger partial charge is 0.396 e. The lowest BCUT2D eigenvalue weighted by Crippen LogP contribution is -2.34. The van der Waals surface area contributed by atoms with E-state index in [1.165, 1.54) is 38.5 Å². The van der Waals surface area contributed by atoms with Gasteiger partial charge in [0.25, 0.3) is 0 Å². The lowest BCUT2D eigenvalue weighted by molar-refractivity contribution is 0.0411. The summed E-state index contributed by atoms with van der Waals surface area (Å²) in [7, 11) is 0. The van der Waals surface area contributed by atoms with Crippen LogP contribution in [-0.4, -0.2) is 11.7 Å². The Hall–Kier alpha value is -0.0400. The standard InChI is InChI=1S/C13H24O/c1-3-10-4-5-11-6-7-13(2,9-14)8-12(10)11/h10-12,14H,3-9H2,1-2H3. The zero-order valence-electron chi connectivity index (χ0n) is 9.63. The third kappa shape index (κ3) is 1.71. The molecule has 0 aromatic rings. The Morgan fingerprint density at radius 2 is 2.07 bits per heavy atom. The fraction of sp³-hybridized carbons (Fsp3) is 1.00. The molecular formula is C13H24O. The van der Waals surface area contributed by atoms with Gasteiger partial charge in [0.05, 0.1) is 0 Å². The number of aliphatic hydroxyl groups is 1. The van der Waals surface area contributed by atoms with Gasteiger partial charge >= 0.3 is 0 Å². The molecule has 82 valence electrons. The average molecular weight is 196 g/mol. The summed E-state index contributed by atoms with van der Waals surface area (Å²) in [6.07, 6.45) is 8.17. The second-order valence-electron chi connectivity index (χ2n) is 5.88. The highest BCUT2D eigenvalue weighted by atomic mass is 16.3. The van der Waals surface area contributed by atoms with Crippen LogP contribution in [0.4, 0.5) is 0 Å². The predicted molar refractivity (Wildman–Crippen MR) is 59.0 cm³/mol. The van der Waals surface area contributed by atoms with Crippen molar-refractivity contribution in [1.82, 2.24) is 0 Å². The van der Waals surface area contributed by atoms with E-state index in [0.717, 1.165) is 17.8 Å². The van der Waals surface area contributed by atoms with Crippen molar-refractivity contribution in [3.8, 4) is 0 Å². The van der Waals surface area contributed by atoms with Gasteiger partial charge in [0.1, 0.15) is 0 Å². The van der Waals surface area contributed by atoms with Gasteiger partial charge in [0.15, 0.2) is 0 Å². The molecule has 0 spiro atoms. The third-order valence-corrected chi connectivity index (χ3v) is 4.87. The van der Waals surface area contributed by atoms with Gasteiger partial charge in [-0.05, 0) is 55.3 Å². The molecule has 0 saturated heterocycles. The number of rotatable bonds is 2. The topological polar surface area (TPSA) is 20.2 Å². The van der Waals surface area contributed by atoms with Crippen LogP contribution in [0.25, 0.3) is 0 Å². The second kappa shape index (κ2) is 3.84. The Bertz CT molecular complexity index is 195. The molecular weight excluding hydrogens is 172 g/mol. The van der Waals surface area contributed by atoms with Crippen molar-refractivity contribution < 1.29 is 5.11 Å². The van der Waals surface area contributed by atoms with Crippen LogP contribution in [0.3, 0.4) is 0 Å². The fourth-order valence-electron chi connectivity index (χ4n) is 3.79. The van der Waals surface area contributed by atoms with Gasteiger partial charge in [-0.25, -0.2) is 0 Å². The molecule has 0 aromatic carbocycles. The van der Waals surface area contributed by atoms with E-state index < -0.39 is 0 Å². The number of hydrogen-bond acceptors (Lipinski definition) is 1. The van der Waals surface area contributed by atoms with Crippen LogP contribution < -0.4 is 0 Å². The molecule has 0 amide bonds. The zero-order chi connectivity index (χ0) is 10.2. The molecule has 0 aromatic heterocycles. The maximum atomic E-state index is 9.43. The summed E-state index contributed by atoms with van der Waals surface area (Å²) in [6, 6.07) is 0. The predicted octanol–water partition coefficient (Wildman–Crippen LogP) is 3.22. The van der Waals surface area contributed by atoms with Crippen molar-refractivity contribution in [3.63, 3.8) is 0 Å². The van der Waals surface area contributed by atoms with E-state index in [1.54, 1.807) is 0 Å². The van der Waals surface area contributed by atoms with E-state index in [0.29, 0.717) is 6.61 Å². The van der Waals surface area contributed by atoms with Gasteiger partial charge in [-0.2, -0.15) is 0 Å². The lowest BCUT2D eigenvalue weighted by atomic mass is 9.65. The van der Waals surface area contributed by atoms with Crippen LogP contribution in [0.1, 0.15) is 52.4 Å². The smallest absolute Gasteiger partial charge is 0.0484 e. The van der Waals surface area contributed by atoms with Gasteiger partial charge in [0.2, 0.25) is 0 Å². The Balaban J connectivity index is 2.05. The van der Waals surface area contributed by atoms with Crippen LogP contribution >= 0.6 is 0 Å². The molecule has 4 unspecified atom stereocenters. The molecule has 2 saturated carbocycles. The van der Waals surface area contributed by atoms with Gasteiger partial charge < -0.3 is 5.11 Å². The van der Waals surface area contributed by atoms with Crippen LogP contribution in [0.15, 0.2) is 0 Å². The Morgan fingerprint density at radius 3 is 2.71 bits per heavy atom. The quantitative estimate of drug-likeness (QED) is 0.719. The molecule has 0 aliphatic heterocycles. The average Bonchev–Trinajstić information content (AvgIpc) is 2.60. The van der Waals surface area contributed by atoms with E-state index in [2.05, 4.69) is 13.8 Å². The molecule has 0 heterocycles. The molecule has 2 rings (SSSR count). The first-order chi connectivity index (χ1) is 6.68. The first-order valence-electron chi connectivity index (χ1n) is 6.29. The highest BCUT2D eigenvalue weighted by Gasteiger charge is 2.43. The molecule has 0 radical (unpaired) electrons.